The number of hydrogen-bond donors (Lipinski definition) is 0. The SMILES string of the molecule is C#Cc1cn2cc(C(=O)OC)sc2n1. The third kappa shape index (κ3) is 1.26. The van der Waals surface area contributed by atoms with Crippen LogP contribution in [0.3, 0.4) is 0 Å². The van der Waals surface area contributed by atoms with Gasteiger partial charge in [-0.05, 0) is 5.92 Å². The van der Waals surface area contributed by atoms with E-state index in [1.807, 2.05) is 0 Å². The van der Waals surface area contributed by atoms with Crippen molar-refractivity contribution < 1.29 is 9.53 Å². The van der Waals surface area contributed by atoms with Gasteiger partial charge in [-0.3, -0.25) is 4.40 Å². The lowest BCUT2D eigenvalue weighted by molar-refractivity contribution is 0.0606. The number of nitrogens with zero attached hydrogens (tertiary/aromatic N) is 2. The van der Waals surface area contributed by atoms with Gasteiger partial charge in [0.15, 0.2) is 4.96 Å². The minimum atomic E-state index is -0.359. The van der Waals surface area contributed by atoms with Crippen LogP contribution in [-0.4, -0.2) is 22.5 Å². The predicted octanol–water partition coefficient (Wildman–Crippen LogP) is 1.16. The molecule has 70 valence electrons. The Kier molecular flexibility index (Phi) is 1.98. The van der Waals surface area contributed by atoms with Gasteiger partial charge in [-0.25, -0.2) is 9.78 Å². The molecule has 0 unspecified atom stereocenters. The van der Waals surface area contributed by atoms with Crippen molar-refractivity contribution >= 4 is 22.3 Å². The number of carbonyl (C=O) groups excluding carboxylic acids is 1. The smallest absolute Gasteiger partial charge is 0.349 e. The third-order valence-corrected chi connectivity index (χ3v) is 2.67. The average Bonchev–Trinajstić information content (AvgIpc) is 2.72. The Morgan fingerprint density at radius 3 is 3.07 bits per heavy atom. The van der Waals surface area contributed by atoms with Gasteiger partial charge in [-0.15, -0.1) is 6.42 Å². The molecule has 2 aromatic heterocycles. The molecule has 0 N–H and O–H groups in total. The molecule has 0 aliphatic carbocycles. The first kappa shape index (κ1) is 8.78. The van der Waals surface area contributed by atoms with Crippen LogP contribution in [0.1, 0.15) is 15.4 Å². The first-order valence-corrected chi connectivity index (χ1v) is 4.59. The highest BCUT2D eigenvalue weighted by Crippen LogP contribution is 2.18. The minimum absolute atomic E-state index is 0.359. The van der Waals surface area contributed by atoms with Crippen LogP contribution in [0, 0.1) is 12.3 Å². The van der Waals surface area contributed by atoms with Crippen LogP contribution in [0.2, 0.25) is 0 Å². The first-order valence-electron chi connectivity index (χ1n) is 3.78. The van der Waals surface area contributed by atoms with Gasteiger partial charge >= 0.3 is 5.97 Å². The molecular formula is C9H6N2O2S. The maximum atomic E-state index is 11.1. The van der Waals surface area contributed by atoms with Crippen LogP contribution in [0.25, 0.3) is 4.96 Å². The maximum Gasteiger partial charge on any atom is 0.349 e. The van der Waals surface area contributed by atoms with E-state index in [0.29, 0.717) is 15.5 Å². The normalized spacial score (nSPS) is 10.0. The number of carbonyl (C=O) groups is 1. The Morgan fingerprint density at radius 1 is 1.71 bits per heavy atom. The molecule has 0 radical (unpaired) electrons. The minimum Gasteiger partial charge on any atom is -0.465 e. The average molecular weight is 206 g/mol. The number of imidazole rings is 1. The van der Waals surface area contributed by atoms with E-state index in [1.54, 1.807) is 16.8 Å². The Labute approximate surface area is 84.1 Å². The molecule has 0 amide bonds. The molecular weight excluding hydrogens is 200 g/mol. The standard InChI is InChI=1S/C9H6N2O2S/c1-3-6-4-11-5-7(8(12)13-2)14-9(11)10-6/h1,4-5H,2H3. The van der Waals surface area contributed by atoms with E-state index >= 15 is 0 Å². The van der Waals surface area contributed by atoms with Crippen molar-refractivity contribution in [2.24, 2.45) is 0 Å². The number of fused-ring (bicyclic) bond motifs is 1. The molecule has 2 aromatic rings. The van der Waals surface area contributed by atoms with Gasteiger partial charge in [0.1, 0.15) is 10.6 Å². The molecule has 0 spiro atoms. The molecule has 4 nitrogen and oxygen atoms in total. The van der Waals surface area contributed by atoms with Crippen molar-refractivity contribution in [1.29, 1.82) is 0 Å². The molecule has 2 heterocycles. The monoisotopic (exact) mass is 206 g/mol. The summed E-state index contributed by atoms with van der Waals surface area (Å²) in [6.45, 7) is 0. The second-order valence-electron chi connectivity index (χ2n) is 2.55. The van der Waals surface area contributed by atoms with Crippen molar-refractivity contribution in [2.75, 3.05) is 7.11 Å². The van der Waals surface area contributed by atoms with Crippen molar-refractivity contribution in [1.82, 2.24) is 9.38 Å². The first-order chi connectivity index (χ1) is 6.74. The van der Waals surface area contributed by atoms with Crippen LogP contribution in [0.5, 0.6) is 0 Å². The fourth-order valence-corrected chi connectivity index (χ4v) is 1.94. The zero-order valence-electron chi connectivity index (χ0n) is 7.35. The van der Waals surface area contributed by atoms with Crippen LogP contribution in [0.4, 0.5) is 0 Å². The summed E-state index contributed by atoms with van der Waals surface area (Å²) >= 11 is 1.25. The Hall–Kier alpha value is -1.80. The number of methoxy groups -OCH3 is 1. The fraction of sp³-hybridized carbons (Fsp3) is 0.111. The van der Waals surface area contributed by atoms with E-state index in [-0.39, 0.29) is 5.97 Å². The predicted molar refractivity (Wildman–Crippen MR) is 52.3 cm³/mol. The molecule has 0 fully saturated rings. The fourth-order valence-electron chi connectivity index (χ4n) is 1.06. The number of rotatable bonds is 1. The van der Waals surface area contributed by atoms with Crippen LogP contribution < -0.4 is 0 Å². The Balaban J connectivity index is 2.50. The van der Waals surface area contributed by atoms with Gasteiger partial charge in [0.2, 0.25) is 0 Å². The van der Waals surface area contributed by atoms with Crippen molar-refractivity contribution in [2.45, 2.75) is 0 Å². The lowest BCUT2D eigenvalue weighted by Crippen LogP contribution is -1.97. The number of aromatic nitrogens is 2. The molecule has 2 rings (SSSR count). The van der Waals surface area contributed by atoms with Crippen LogP contribution >= 0.6 is 11.3 Å². The van der Waals surface area contributed by atoms with Gasteiger partial charge < -0.3 is 4.74 Å². The van der Waals surface area contributed by atoms with E-state index in [1.165, 1.54) is 18.4 Å². The summed E-state index contributed by atoms with van der Waals surface area (Å²) in [5, 5.41) is 0. The van der Waals surface area contributed by atoms with E-state index in [9.17, 15) is 4.79 Å². The summed E-state index contributed by atoms with van der Waals surface area (Å²) in [5.74, 6) is 2.07. The van der Waals surface area contributed by atoms with Crippen LogP contribution in [-0.2, 0) is 4.74 Å². The lowest BCUT2D eigenvalue weighted by atomic mass is 10.5. The summed E-state index contributed by atoms with van der Waals surface area (Å²) < 4.78 is 6.30. The quantitative estimate of drug-likeness (QED) is 0.519. The number of ether oxygens (including phenoxy) is 1. The van der Waals surface area contributed by atoms with Gasteiger partial charge in [0.05, 0.1) is 7.11 Å². The summed E-state index contributed by atoms with van der Waals surface area (Å²) in [6, 6.07) is 0. The third-order valence-electron chi connectivity index (χ3n) is 1.69. The lowest BCUT2D eigenvalue weighted by Gasteiger charge is -1.90. The van der Waals surface area contributed by atoms with Crippen molar-refractivity contribution in [3.63, 3.8) is 0 Å². The zero-order chi connectivity index (χ0) is 10.1. The molecule has 14 heavy (non-hydrogen) atoms. The zero-order valence-corrected chi connectivity index (χ0v) is 8.17. The molecule has 0 aromatic carbocycles. The molecule has 0 atom stereocenters. The molecule has 0 bridgehead atoms. The van der Waals surface area contributed by atoms with Gasteiger partial charge in [0, 0.05) is 12.4 Å². The molecule has 0 aliphatic heterocycles. The molecule has 0 saturated heterocycles. The summed E-state index contributed by atoms with van der Waals surface area (Å²) in [6.07, 6.45) is 8.53. The number of terminal acetylenes is 1. The number of esters is 1. The second kappa shape index (κ2) is 3.16. The second-order valence-corrected chi connectivity index (χ2v) is 3.56. The summed E-state index contributed by atoms with van der Waals surface area (Å²) in [4.78, 5) is 16.5. The topological polar surface area (TPSA) is 43.6 Å². The van der Waals surface area contributed by atoms with E-state index in [0.717, 1.165) is 0 Å². The largest absolute Gasteiger partial charge is 0.465 e. The highest BCUT2D eigenvalue weighted by atomic mass is 32.1. The van der Waals surface area contributed by atoms with Gasteiger partial charge in [-0.2, -0.15) is 0 Å². The number of hydrogen-bond acceptors (Lipinski definition) is 4. The van der Waals surface area contributed by atoms with Gasteiger partial charge in [0.25, 0.3) is 0 Å². The summed E-state index contributed by atoms with van der Waals surface area (Å²) in [5.41, 5.74) is 0.563. The highest BCUT2D eigenvalue weighted by Gasteiger charge is 2.11. The van der Waals surface area contributed by atoms with Crippen molar-refractivity contribution in [3.8, 4) is 12.3 Å². The molecule has 5 heteroatoms. The Bertz CT molecular complexity index is 501. The number of thiazole rings is 1. The van der Waals surface area contributed by atoms with Gasteiger partial charge in [-0.1, -0.05) is 11.3 Å². The Morgan fingerprint density at radius 2 is 2.50 bits per heavy atom. The van der Waals surface area contributed by atoms with Crippen molar-refractivity contribution in [3.05, 3.63) is 23.0 Å². The maximum absolute atomic E-state index is 11.1. The molecule has 0 aliphatic rings. The summed E-state index contributed by atoms with van der Waals surface area (Å²) in [7, 11) is 1.34. The van der Waals surface area contributed by atoms with E-state index in [4.69, 9.17) is 6.42 Å². The highest BCUT2D eigenvalue weighted by molar-refractivity contribution is 7.18. The molecule has 0 saturated carbocycles. The van der Waals surface area contributed by atoms with E-state index in [2.05, 4.69) is 15.6 Å². The van der Waals surface area contributed by atoms with Crippen LogP contribution in [0.15, 0.2) is 12.4 Å². The van der Waals surface area contributed by atoms with E-state index < -0.39 is 0 Å².